The minimum atomic E-state index is -2.49. The number of ether oxygens (including phenoxy) is 1. The fourth-order valence-corrected chi connectivity index (χ4v) is 3.82. The maximum atomic E-state index is 14.3. The van der Waals surface area contributed by atoms with Crippen LogP contribution in [-0.4, -0.2) is 50.0 Å². The molecule has 1 aromatic carbocycles. The third kappa shape index (κ3) is 4.09. The van der Waals surface area contributed by atoms with Crippen molar-refractivity contribution < 1.29 is 28.5 Å². The summed E-state index contributed by atoms with van der Waals surface area (Å²) in [6, 6.07) is 0.0422. The van der Waals surface area contributed by atoms with Crippen LogP contribution in [0, 0.1) is 17.5 Å². The van der Waals surface area contributed by atoms with Gasteiger partial charge in [-0.2, -0.15) is 4.98 Å². The molecule has 8 nitrogen and oxygen atoms in total. The van der Waals surface area contributed by atoms with Crippen LogP contribution in [0.3, 0.4) is 0 Å². The van der Waals surface area contributed by atoms with Gasteiger partial charge in [-0.3, -0.25) is 4.57 Å². The summed E-state index contributed by atoms with van der Waals surface area (Å²) in [4.78, 5) is 13.0. The number of aliphatic hydroxyl groups is 1. The normalized spacial score (nSPS) is 31.6. The van der Waals surface area contributed by atoms with Gasteiger partial charge in [0, 0.05) is 28.9 Å². The van der Waals surface area contributed by atoms with Crippen molar-refractivity contribution in [2.45, 2.75) is 50.2 Å². The van der Waals surface area contributed by atoms with E-state index in [4.69, 9.17) is 10.2 Å². The minimum Gasteiger partial charge on any atom is -0.393 e. The Labute approximate surface area is 187 Å². The summed E-state index contributed by atoms with van der Waals surface area (Å²) < 4.78 is 81.1. The van der Waals surface area contributed by atoms with E-state index in [1.807, 2.05) is 0 Å². The number of anilines is 3. The zero-order valence-corrected chi connectivity index (χ0v) is 16.8. The van der Waals surface area contributed by atoms with Gasteiger partial charge in [0.25, 0.3) is 0 Å². The quantitative estimate of drug-likeness (QED) is 0.544. The van der Waals surface area contributed by atoms with E-state index in [9.17, 15) is 18.3 Å². The Balaban J connectivity index is 1.51. The Kier molecular flexibility index (Phi) is 4.45. The predicted octanol–water partition coefficient (Wildman–Crippen LogP) is 3.66. The first kappa shape index (κ1) is 16.7. The van der Waals surface area contributed by atoms with E-state index >= 15 is 0 Å². The van der Waals surface area contributed by atoms with Crippen molar-refractivity contribution in [3.05, 3.63) is 35.8 Å². The molecule has 11 heteroatoms. The first-order chi connectivity index (χ1) is 17.0. The van der Waals surface area contributed by atoms with E-state index in [-0.39, 0.29) is 30.8 Å². The second-order valence-electron chi connectivity index (χ2n) is 7.64. The van der Waals surface area contributed by atoms with Crippen LogP contribution in [0.2, 0.25) is 0 Å². The van der Waals surface area contributed by atoms with Crippen molar-refractivity contribution in [3.8, 4) is 0 Å². The summed E-state index contributed by atoms with van der Waals surface area (Å²) in [5, 5.41) is 15.6. The fraction of sp³-hybridized carbons (Fsp3) is 0.476. The van der Waals surface area contributed by atoms with Gasteiger partial charge in [0.05, 0.1) is 26.3 Å². The van der Waals surface area contributed by atoms with E-state index in [0.29, 0.717) is 42.9 Å². The lowest BCUT2D eigenvalue weighted by Crippen LogP contribution is -2.29. The minimum absolute atomic E-state index is 0.0444. The molecule has 1 saturated heterocycles. The van der Waals surface area contributed by atoms with Crippen LogP contribution in [0.1, 0.15) is 43.6 Å². The standard InChI is InChI=1S/C21H23F3N6O2/c22-11-7-15(23)18(16(24)8-11)28-21-27-17-9-25-20(26-12-1-3-14(31)4-2-12)29-19(17)30(21)13-5-6-32-10-13/h7-9,12-14,31H,1-6,10H2,(H,27,28)(H,25,26,29)/i1D,3D2,14D. The number of nitrogens with one attached hydrogen (secondary N) is 2. The number of aromatic nitrogens is 4. The van der Waals surface area contributed by atoms with Crippen molar-refractivity contribution in [2.24, 2.45) is 0 Å². The van der Waals surface area contributed by atoms with E-state index in [2.05, 4.69) is 25.6 Å². The summed E-state index contributed by atoms with van der Waals surface area (Å²) >= 11 is 0. The van der Waals surface area contributed by atoms with Crippen LogP contribution in [0.25, 0.3) is 11.2 Å². The highest BCUT2D eigenvalue weighted by atomic mass is 19.1. The van der Waals surface area contributed by atoms with Gasteiger partial charge in [0.15, 0.2) is 17.3 Å². The Morgan fingerprint density at radius 1 is 1.19 bits per heavy atom. The monoisotopic (exact) mass is 452 g/mol. The highest BCUT2D eigenvalue weighted by Gasteiger charge is 2.27. The Bertz CT molecular complexity index is 1280. The zero-order chi connectivity index (χ0) is 25.8. The molecule has 2 fully saturated rings. The number of rotatable bonds is 5. The van der Waals surface area contributed by atoms with Gasteiger partial charge in [-0.15, -0.1) is 0 Å². The predicted molar refractivity (Wildman–Crippen MR) is 111 cm³/mol. The third-order valence-corrected chi connectivity index (χ3v) is 5.40. The summed E-state index contributed by atoms with van der Waals surface area (Å²) in [5.41, 5.74) is 0.00753. The van der Waals surface area contributed by atoms with Gasteiger partial charge in [0.2, 0.25) is 11.9 Å². The molecule has 1 saturated carbocycles. The zero-order valence-electron chi connectivity index (χ0n) is 20.8. The highest BCUT2D eigenvalue weighted by molar-refractivity contribution is 5.76. The fourth-order valence-electron chi connectivity index (χ4n) is 3.82. The SMILES string of the molecule is [2H]C1C(Nc2ncc3nc(Nc4c(F)cc(F)cc4F)n(C4CCOC4)c3n2)CCC([2H])(O)C1([2H])[2H]. The van der Waals surface area contributed by atoms with Crippen LogP contribution < -0.4 is 10.6 Å². The molecule has 3 N–H and O–H groups in total. The van der Waals surface area contributed by atoms with Crippen molar-refractivity contribution in [1.82, 2.24) is 19.5 Å². The number of hydrogen-bond donors (Lipinski definition) is 3. The first-order valence-corrected chi connectivity index (χ1v) is 10.1. The van der Waals surface area contributed by atoms with Crippen molar-refractivity contribution in [2.75, 3.05) is 23.8 Å². The number of benzene rings is 1. The molecular formula is C21H23F3N6O2. The molecule has 4 atom stereocenters. The molecule has 4 unspecified atom stereocenters. The van der Waals surface area contributed by atoms with Crippen molar-refractivity contribution in [1.29, 1.82) is 0 Å². The Morgan fingerprint density at radius 3 is 2.75 bits per heavy atom. The van der Waals surface area contributed by atoms with Crippen LogP contribution in [0.4, 0.5) is 30.8 Å². The molecule has 3 heterocycles. The van der Waals surface area contributed by atoms with Crippen molar-refractivity contribution >= 4 is 28.7 Å². The van der Waals surface area contributed by atoms with Crippen LogP contribution in [0.15, 0.2) is 18.3 Å². The van der Waals surface area contributed by atoms with Crippen LogP contribution in [-0.2, 0) is 4.74 Å². The van der Waals surface area contributed by atoms with Gasteiger partial charge in [-0.1, -0.05) is 0 Å². The molecule has 2 aliphatic rings. The number of halogens is 3. The lowest BCUT2D eigenvalue weighted by molar-refractivity contribution is 0.126. The van der Waals surface area contributed by atoms with E-state index in [1.165, 1.54) is 6.20 Å². The Morgan fingerprint density at radius 2 is 2.00 bits per heavy atom. The van der Waals surface area contributed by atoms with Gasteiger partial charge in [0.1, 0.15) is 17.0 Å². The molecule has 2 aromatic heterocycles. The van der Waals surface area contributed by atoms with E-state index in [0.717, 1.165) is 0 Å². The molecule has 32 heavy (non-hydrogen) atoms. The lowest BCUT2D eigenvalue weighted by atomic mass is 9.93. The molecule has 0 amide bonds. The molecule has 0 radical (unpaired) electrons. The highest BCUT2D eigenvalue weighted by Crippen LogP contribution is 2.32. The van der Waals surface area contributed by atoms with Crippen LogP contribution in [0.5, 0.6) is 0 Å². The summed E-state index contributed by atoms with van der Waals surface area (Å²) in [6.45, 7) is 0.744. The molecule has 0 spiro atoms. The van der Waals surface area contributed by atoms with E-state index in [1.54, 1.807) is 4.57 Å². The number of nitrogens with zero attached hydrogens (tertiary/aromatic N) is 4. The van der Waals surface area contributed by atoms with Gasteiger partial charge in [-0.05, 0) is 32.0 Å². The first-order valence-electron chi connectivity index (χ1n) is 12.2. The molecule has 3 aromatic rings. The van der Waals surface area contributed by atoms with Gasteiger partial charge >= 0.3 is 0 Å². The van der Waals surface area contributed by atoms with Crippen LogP contribution >= 0.6 is 0 Å². The second kappa shape index (κ2) is 8.55. The second-order valence-corrected chi connectivity index (χ2v) is 7.64. The van der Waals surface area contributed by atoms with Gasteiger partial charge in [-0.25, -0.2) is 23.1 Å². The Hall–Kier alpha value is -2.92. The molecule has 1 aliphatic heterocycles. The average molecular weight is 452 g/mol. The number of hydrogen-bond acceptors (Lipinski definition) is 7. The molecule has 170 valence electrons. The molecule has 5 rings (SSSR count). The maximum Gasteiger partial charge on any atom is 0.224 e. The van der Waals surface area contributed by atoms with Gasteiger partial charge < -0.3 is 20.5 Å². The number of imidazole rings is 1. The van der Waals surface area contributed by atoms with Crippen molar-refractivity contribution in [3.63, 3.8) is 0 Å². The third-order valence-electron chi connectivity index (χ3n) is 5.40. The summed E-state index contributed by atoms with van der Waals surface area (Å²) in [6.07, 6.45) is -4.44. The summed E-state index contributed by atoms with van der Waals surface area (Å²) in [7, 11) is 0. The average Bonchev–Trinajstić information content (AvgIpc) is 3.44. The lowest BCUT2D eigenvalue weighted by Gasteiger charge is -2.26. The van der Waals surface area contributed by atoms with E-state index < -0.39 is 48.0 Å². The molecular weight excluding hydrogens is 425 g/mol. The smallest absolute Gasteiger partial charge is 0.224 e. The summed E-state index contributed by atoms with van der Waals surface area (Å²) in [5.74, 6) is -3.22. The largest absolute Gasteiger partial charge is 0.393 e. The topological polar surface area (TPSA) is 97.1 Å². The maximum absolute atomic E-state index is 14.3. The molecule has 1 aliphatic carbocycles. The number of fused-ring (bicyclic) bond motifs is 1. The molecule has 0 bridgehead atoms.